The van der Waals surface area contributed by atoms with Crippen molar-refractivity contribution in [1.29, 1.82) is 0 Å². The van der Waals surface area contributed by atoms with Gasteiger partial charge in [-0.15, -0.1) is 0 Å². The van der Waals surface area contributed by atoms with Crippen molar-refractivity contribution in [1.82, 2.24) is 0 Å². The van der Waals surface area contributed by atoms with E-state index in [4.69, 9.17) is 4.55 Å². The monoisotopic (exact) mass is 163 g/mol. The molecule has 7 radical (unpaired) electrons. The topological polar surface area (TPSA) is 54.4 Å². The maximum absolute atomic E-state index is 9.19. The van der Waals surface area contributed by atoms with Gasteiger partial charge in [-0.2, -0.15) is 8.42 Å². The molecular weight excluding hydrogens is 152 g/mol. The summed E-state index contributed by atoms with van der Waals surface area (Å²) in [5.74, 6) is 0. The molecule has 5 heteroatoms. The van der Waals surface area contributed by atoms with Crippen LogP contribution >= 0.6 is 0 Å². The maximum atomic E-state index is 9.19. The Bertz CT molecular complexity index is 127. The molecule has 0 unspecified atom stereocenters. The van der Waals surface area contributed by atoms with Crippen LogP contribution in [0.3, 0.4) is 0 Å². The fourth-order valence-electron chi connectivity index (χ4n) is 0. The summed E-state index contributed by atoms with van der Waals surface area (Å²) in [6, 6.07) is 0. The van der Waals surface area contributed by atoms with E-state index in [1.807, 2.05) is 21.7 Å². The minimum atomic E-state index is -3.67. The zero-order chi connectivity index (χ0) is 8.08. The molecule has 0 aliphatic heterocycles. The van der Waals surface area contributed by atoms with Gasteiger partial charge in [-0.25, -0.2) is 0 Å². The second kappa shape index (κ2) is 5.46. The molecule has 0 aromatic heterocycles. The fraction of sp³-hybridized carbons (Fsp3) is 1.00. The van der Waals surface area contributed by atoms with Gasteiger partial charge in [-0.05, 0) is 0 Å². The summed E-state index contributed by atoms with van der Waals surface area (Å²) in [6.07, 6.45) is 0.715. The second-order valence-corrected chi connectivity index (χ2v) is 5.23. The molecule has 0 aromatic rings. The van der Waals surface area contributed by atoms with Crippen LogP contribution in [-0.2, 0) is 10.1 Å². The van der Waals surface area contributed by atoms with E-state index < -0.39 is 10.1 Å². The molecule has 51 valence electrons. The molecular formula is C4H11MgO3S+2. The van der Waals surface area contributed by atoms with E-state index in [1.165, 1.54) is 0 Å². The molecule has 0 aliphatic carbocycles. The average molecular weight is 164 g/mol. The third-order valence-electron chi connectivity index (χ3n) is 0. The highest BCUT2D eigenvalue weighted by atomic mass is 32.2. The molecule has 0 saturated carbocycles. The Morgan fingerprint density at radius 3 is 1.44 bits per heavy atom. The maximum Gasteiger partial charge on any atom is 1.41 e. The molecule has 0 heterocycles. The fourth-order valence-corrected chi connectivity index (χ4v) is 0. The Balaban J connectivity index is 0. The van der Waals surface area contributed by atoms with Crippen LogP contribution in [0.1, 0.15) is 13.8 Å². The van der Waals surface area contributed by atoms with Crippen LogP contribution in [0, 0.1) is 0 Å². The molecule has 0 amide bonds. The van der Waals surface area contributed by atoms with Gasteiger partial charge in [0.2, 0.25) is 0 Å². The van der Waals surface area contributed by atoms with Crippen molar-refractivity contribution < 1.29 is 13.0 Å². The minimum absolute atomic E-state index is 0.715. The molecule has 0 bridgehead atoms. The van der Waals surface area contributed by atoms with Crippen LogP contribution in [0.15, 0.2) is 0 Å². The summed E-state index contributed by atoms with van der Waals surface area (Å²) in [6.45, 7) is 4.36. The average Bonchev–Trinajstić information content (AvgIpc) is 1.19. The molecule has 0 fully saturated rings. The summed E-state index contributed by atoms with van der Waals surface area (Å²) in [7, 11) is -3.67. The SMILES string of the molecule is CS(=O)(=O)O.C[CH](C)[Mg+2]. The zero-order valence-corrected chi connectivity index (χ0v) is 8.19. The van der Waals surface area contributed by atoms with Crippen LogP contribution in [0.25, 0.3) is 0 Å². The van der Waals surface area contributed by atoms with Crippen molar-refractivity contribution in [2.45, 2.75) is 17.9 Å². The molecule has 0 aromatic carbocycles. The second-order valence-electron chi connectivity index (χ2n) is 2.13. The Morgan fingerprint density at radius 2 is 1.44 bits per heavy atom. The van der Waals surface area contributed by atoms with Gasteiger partial charge < -0.3 is 0 Å². The summed E-state index contributed by atoms with van der Waals surface area (Å²) >= 11 is 2.00. The minimum Gasteiger partial charge on any atom is -0.286 e. The number of hydrogen-bond acceptors (Lipinski definition) is 2. The Kier molecular flexibility index (Phi) is 7.50. The highest BCUT2D eigenvalue weighted by molar-refractivity contribution is 7.85. The molecule has 0 rings (SSSR count). The van der Waals surface area contributed by atoms with Crippen LogP contribution in [0.5, 0.6) is 0 Å². The molecule has 0 aliphatic rings. The first-order valence-corrected chi connectivity index (χ1v) is 5.15. The molecule has 0 saturated heterocycles. The highest BCUT2D eigenvalue weighted by Gasteiger charge is 2.29. The number of hydrogen-bond donors (Lipinski definition) is 1. The van der Waals surface area contributed by atoms with Crippen molar-refractivity contribution >= 4 is 31.8 Å². The van der Waals surface area contributed by atoms with Crippen LogP contribution in [0.4, 0.5) is 0 Å². The lowest BCUT2D eigenvalue weighted by Gasteiger charge is -1.69. The third-order valence-corrected chi connectivity index (χ3v) is 0. The van der Waals surface area contributed by atoms with E-state index in [0.717, 1.165) is 4.05 Å². The standard InChI is InChI=1S/C3H7.CH4O3S.Mg/c1-3-2;1-5(2,3)4;/h3H,1-2H3;1H3,(H,2,3,4);/q;;+2. The lowest BCUT2D eigenvalue weighted by Crippen LogP contribution is -1.88. The molecule has 0 spiro atoms. The van der Waals surface area contributed by atoms with Crippen molar-refractivity contribution in [2.75, 3.05) is 6.26 Å². The van der Waals surface area contributed by atoms with Gasteiger partial charge in [0.25, 0.3) is 14.2 Å². The van der Waals surface area contributed by atoms with E-state index >= 15 is 0 Å². The summed E-state index contributed by atoms with van der Waals surface area (Å²) in [4.78, 5) is 0. The van der Waals surface area contributed by atoms with Gasteiger partial charge in [0.05, 0.1) is 6.26 Å². The van der Waals surface area contributed by atoms with E-state index in [-0.39, 0.29) is 0 Å². The summed E-state index contributed by atoms with van der Waals surface area (Å²) < 4.78 is 26.7. The lowest BCUT2D eigenvalue weighted by molar-refractivity contribution is 0.490. The molecule has 3 nitrogen and oxygen atoms in total. The van der Waals surface area contributed by atoms with Crippen molar-refractivity contribution in [3.63, 3.8) is 0 Å². The van der Waals surface area contributed by atoms with Crippen molar-refractivity contribution in [3.8, 4) is 0 Å². The first kappa shape index (κ1) is 12.4. The lowest BCUT2D eigenvalue weighted by atomic mass is 10.6. The van der Waals surface area contributed by atoms with Crippen LogP contribution < -0.4 is 0 Å². The smallest absolute Gasteiger partial charge is 0.286 e. The van der Waals surface area contributed by atoms with Crippen LogP contribution in [0.2, 0.25) is 4.05 Å². The first-order valence-electron chi connectivity index (χ1n) is 2.49. The Labute approximate surface area is 69.0 Å². The predicted octanol–water partition coefficient (Wildman–Crippen LogP) is 0.487. The van der Waals surface area contributed by atoms with Crippen molar-refractivity contribution in [2.24, 2.45) is 0 Å². The van der Waals surface area contributed by atoms with E-state index in [1.54, 1.807) is 0 Å². The molecule has 0 atom stereocenters. The Morgan fingerprint density at radius 1 is 1.44 bits per heavy atom. The molecule has 1 N–H and O–H groups in total. The van der Waals surface area contributed by atoms with Gasteiger partial charge in [-0.1, -0.05) is 0 Å². The summed E-state index contributed by atoms with van der Waals surface area (Å²) in [5, 5.41) is 0. The van der Waals surface area contributed by atoms with E-state index in [2.05, 4.69) is 13.8 Å². The zero-order valence-electron chi connectivity index (χ0n) is 5.96. The number of rotatable bonds is 0. The van der Waals surface area contributed by atoms with Gasteiger partial charge in [0.1, 0.15) is 0 Å². The van der Waals surface area contributed by atoms with Gasteiger partial charge in [0, 0.05) is 13.8 Å². The van der Waals surface area contributed by atoms with Gasteiger partial charge in [-0.3, -0.25) is 4.55 Å². The first-order chi connectivity index (χ1) is 3.73. The normalized spacial score (nSPS) is 10.4. The quantitative estimate of drug-likeness (QED) is 0.418. The van der Waals surface area contributed by atoms with Crippen LogP contribution in [-0.4, -0.2) is 40.9 Å². The van der Waals surface area contributed by atoms with E-state index in [0.29, 0.717) is 6.26 Å². The third kappa shape index (κ3) is 846. The Hall–Kier alpha value is 0.676. The van der Waals surface area contributed by atoms with Gasteiger partial charge >= 0.3 is 21.7 Å². The highest BCUT2D eigenvalue weighted by Crippen LogP contribution is 1.84. The predicted molar refractivity (Wildman–Crippen MR) is 38.3 cm³/mol. The summed E-state index contributed by atoms with van der Waals surface area (Å²) in [5.41, 5.74) is 0. The molecule has 9 heavy (non-hydrogen) atoms. The van der Waals surface area contributed by atoms with E-state index in [9.17, 15) is 8.42 Å². The van der Waals surface area contributed by atoms with Crippen molar-refractivity contribution in [3.05, 3.63) is 0 Å². The largest absolute Gasteiger partial charge is 1.41 e. The van der Waals surface area contributed by atoms with Gasteiger partial charge in [0.15, 0.2) is 0 Å².